The number of alkyl halides is 3. The summed E-state index contributed by atoms with van der Waals surface area (Å²) in [6.45, 7) is 3.30. The van der Waals surface area contributed by atoms with E-state index in [0.717, 1.165) is 9.48 Å². The van der Waals surface area contributed by atoms with Crippen LogP contribution in [0.4, 0.5) is 13.2 Å². The molecule has 0 bridgehead atoms. The van der Waals surface area contributed by atoms with Gasteiger partial charge in [0.1, 0.15) is 6.04 Å². The van der Waals surface area contributed by atoms with Crippen molar-refractivity contribution < 1.29 is 18.0 Å². The summed E-state index contributed by atoms with van der Waals surface area (Å²) in [5.41, 5.74) is 2.10. The molecule has 1 N–H and O–H groups in total. The van der Waals surface area contributed by atoms with Crippen LogP contribution in [-0.2, 0) is 11.2 Å². The van der Waals surface area contributed by atoms with Crippen molar-refractivity contribution in [1.29, 1.82) is 0 Å². The van der Waals surface area contributed by atoms with Gasteiger partial charge in [0.2, 0.25) is 5.91 Å². The highest BCUT2D eigenvalue weighted by Crippen LogP contribution is 2.32. The van der Waals surface area contributed by atoms with E-state index in [2.05, 4.69) is 21.4 Å². The fourth-order valence-corrected chi connectivity index (χ4v) is 2.52. The fraction of sp³-hybridized carbons (Fsp3) is 0.500. The van der Waals surface area contributed by atoms with Crippen molar-refractivity contribution in [3.63, 3.8) is 0 Å². The van der Waals surface area contributed by atoms with Crippen LogP contribution < -0.4 is 5.43 Å². The normalized spacial score (nSPS) is 20.4. The first-order chi connectivity index (χ1) is 9.59. The maximum absolute atomic E-state index is 13.3. The molecule has 1 unspecified atom stereocenters. The number of carbonyl (C=O) groups is 1. The highest BCUT2D eigenvalue weighted by molar-refractivity contribution is 9.10. The van der Waals surface area contributed by atoms with Crippen molar-refractivity contribution in [1.82, 2.24) is 10.4 Å². The molecule has 1 aliphatic heterocycles. The van der Waals surface area contributed by atoms with Crippen LogP contribution in [0.15, 0.2) is 28.7 Å². The van der Waals surface area contributed by atoms with Crippen LogP contribution in [-0.4, -0.2) is 29.7 Å². The number of carbonyl (C=O) groups excluding carboxylic acids is 1. The van der Waals surface area contributed by atoms with Gasteiger partial charge in [0.25, 0.3) is 0 Å². The number of hydrogen-bond acceptors (Lipinski definition) is 2. The average molecular weight is 365 g/mol. The van der Waals surface area contributed by atoms with Gasteiger partial charge in [-0.15, -0.1) is 0 Å². The summed E-state index contributed by atoms with van der Waals surface area (Å²) < 4.78 is 40.8. The van der Waals surface area contributed by atoms with Crippen LogP contribution >= 0.6 is 15.9 Å². The van der Waals surface area contributed by atoms with Crippen LogP contribution in [0.1, 0.15) is 19.4 Å². The minimum Gasteiger partial charge on any atom is -0.288 e. The predicted molar refractivity (Wildman–Crippen MR) is 76.3 cm³/mol. The average Bonchev–Trinajstić information content (AvgIpc) is 2.61. The number of nitrogens with one attached hydrogen (secondary N) is 1. The van der Waals surface area contributed by atoms with Crippen molar-refractivity contribution in [3.05, 3.63) is 34.3 Å². The van der Waals surface area contributed by atoms with E-state index >= 15 is 0 Å². The summed E-state index contributed by atoms with van der Waals surface area (Å²) >= 11 is 3.25. The standard InChI is InChI=1S/C14H16BrF3N2O/c1-13(2)8-20(19-12(13)21)11(14(16,17)18)7-9-3-5-10(15)6-4-9/h3-6,11H,7-8H2,1-2H3,(H,19,21). The molecule has 0 saturated carbocycles. The first kappa shape index (κ1) is 16.3. The Labute approximate surface area is 129 Å². The van der Waals surface area contributed by atoms with Gasteiger partial charge in [-0.05, 0) is 38.0 Å². The molecule has 1 amide bonds. The Kier molecular flexibility index (Phi) is 4.35. The van der Waals surface area contributed by atoms with Gasteiger partial charge in [0.15, 0.2) is 0 Å². The van der Waals surface area contributed by atoms with Crippen LogP contribution in [0.2, 0.25) is 0 Å². The van der Waals surface area contributed by atoms with E-state index in [1.54, 1.807) is 38.1 Å². The zero-order valence-electron chi connectivity index (χ0n) is 11.7. The molecule has 1 fully saturated rings. The van der Waals surface area contributed by atoms with Gasteiger partial charge in [-0.25, -0.2) is 5.01 Å². The van der Waals surface area contributed by atoms with E-state index in [1.165, 1.54) is 0 Å². The highest BCUT2D eigenvalue weighted by Gasteiger charge is 2.50. The summed E-state index contributed by atoms with van der Waals surface area (Å²) in [5.74, 6) is -0.382. The molecule has 1 aromatic rings. The topological polar surface area (TPSA) is 32.3 Å². The molecule has 2 rings (SSSR count). The zero-order valence-corrected chi connectivity index (χ0v) is 13.3. The Morgan fingerprint density at radius 3 is 2.33 bits per heavy atom. The summed E-state index contributed by atoms with van der Waals surface area (Å²) in [7, 11) is 0. The number of amides is 1. The molecular weight excluding hydrogens is 349 g/mol. The molecule has 0 radical (unpaired) electrons. The largest absolute Gasteiger partial charge is 0.406 e. The summed E-state index contributed by atoms with van der Waals surface area (Å²) in [6.07, 6.45) is -4.62. The van der Waals surface area contributed by atoms with Crippen LogP contribution in [0.3, 0.4) is 0 Å². The second kappa shape index (κ2) is 5.61. The molecule has 7 heteroatoms. The lowest BCUT2D eigenvalue weighted by Gasteiger charge is -2.29. The van der Waals surface area contributed by atoms with Gasteiger partial charge in [0, 0.05) is 11.0 Å². The van der Waals surface area contributed by atoms with Crippen molar-refractivity contribution in [2.24, 2.45) is 5.41 Å². The smallest absolute Gasteiger partial charge is 0.288 e. The van der Waals surface area contributed by atoms with Crippen molar-refractivity contribution in [2.45, 2.75) is 32.5 Å². The van der Waals surface area contributed by atoms with Gasteiger partial charge in [-0.3, -0.25) is 10.2 Å². The first-order valence-corrected chi connectivity index (χ1v) is 7.28. The zero-order chi connectivity index (χ0) is 15.8. The Bertz CT molecular complexity index is 528. The lowest BCUT2D eigenvalue weighted by atomic mass is 9.94. The molecule has 1 aromatic carbocycles. The molecule has 1 aliphatic rings. The number of hydrazine groups is 1. The van der Waals surface area contributed by atoms with E-state index in [1.807, 2.05) is 0 Å². The Hall–Kier alpha value is -1.08. The third-order valence-electron chi connectivity index (χ3n) is 3.52. The molecule has 0 aromatic heterocycles. The number of nitrogens with zero attached hydrogens (tertiary/aromatic N) is 1. The van der Waals surface area contributed by atoms with Crippen molar-refractivity contribution in [2.75, 3.05) is 6.54 Å². The van der Waals surface area contributed by atoms with Crippen LogP contribution in [0.5, 0.6) is 0 Å². The SMILES string of the molecule is CC1(C)CN(C(Cc2ccc(Br)cc2)C(F)(F)F)NC1=O. The number of rotatable bonds is 3. The van der Waals surface area contributed by atoms with E-state index in [9.17, 15) is 18.0 Å². The molecule has 116 valence electrons. The quantitative estimate of drug-likeness (QED) is 0.892. The molecule has 1 atom stereocenters. The maximum atomic E-state index is 13.3. The Morgan fingerprint density at radius 2 is 1.90 bits per heavy atom. The monoisotopic (exact) mass is 364 g/mol. The van der Waals surface area contributed by atoms with Crippen LogP contribution in [0, 0.1) is 5.41 Å². The van der Waals surface area contributed by atoms with Gasteiger partial charge >= 0.3 is 6.18 Å². The van der Waals surface area contributed by atoms with Crippen molar-refractivity contribution >= 4 is 21.8 Å². The lowest BCUT2D eigenvalue weighted by molar-refractivity contribution is -0.188. The number of benzene rings is 1. The van der Waals surface area contributed by atoms with Gasteiger partial charge in [0.05, 0.1) is 5.41 Å². The van der Waals surface area contributed by atoms with Gasteiger partial charge < -0.3 is 0 Å². The Morgan fingerprint density at radius 1 is 1.33 bits per heavy atom. The first-order valence-electron chi connectivity index (χ1n) is 6.48. The third kappa shape index (κ3) is 3.77. The molecule has 1 heterocycles. The molecule has 0 spiro atoms. The van der Waals surface area contributed by atoms with Crippen LogP contribution in [0.25, 0.3) is 0 Å². The number of halogens is 4. The molecule has 3 nitrogen and oxygen atoms in total. The highest BCUT2D eigenvalue weighted by atomic mass is 79.9. The third-order valence-corrected chi connectivity index (χ3v) is 4.05. The minimum absolute atomic E-state index is 0.0343. The lowest BCUT2D eigenvalue weighted by Crippen LogP contribution is -2.51. The fourth-order valence-electron chi connectivity index (χ4n) is 2.25. The summed E-state index contributed by atoms with van der Waals surface area (Å²) in [6, 6.07) is 4.96. The predicted octanol–water partition coefficient (Wildman–Crippen LogP) is 3.30. The molecular formula is C14H16BrF3N2O. The summed E-state index contributed by atoms with van der Waals surface area (Å²) in [5, 5.41) is 1.00. The van der Waals surface area contributed by atoms with Crippen molar-refractivity contribution in [3.8, 4) is 0 Å². The number of hydrogen-bond donors (Lipinski definition) is 1. The maximum Gasteiger partial charge on any atom is 0.406 e. The van der Waals surface area contributed by atoms with E-state index in [4.69, 9.17) is 0 Å². The molecule has 0 aliphatic carbocycles. The van der Waals surface area contributed by atoms with E-state index in [-0.39, 0.29) is 18.9 Å². The molecule has 1 saturated heterocycles. The second-order valence-electron chi connectivity index (χ2n) is 5.84. The van der Waals surface area contributed by atoms with Gasteiger partial charge in [-0.1, -0.05) is 28.1 Å². The second-order valence-corrected chi connectivity index (χ2v) is 6.76. The van der Waals surface area contributed by atoms with E-state index < -0.39 is 17.6 Å². The molecule has 21 heavy (non-hydrogen) atoms. The Balaban J connectivity index is 2.20. The minimum atomic E-state index is -4.42. The van der Waals surface area contributed by atoms with Gasteiger partial charge in [-0.2, -0.15) is 13.2 Å². The van der Waals surface area contributed by atoms with E-state index in [0.29, 0.717) is 5.56 Å². The summed E-state index contributed by atoms with van der Waals surface area (Å²) in [4.78, 5) is 11.7.